The third-order valence-electron chi connectivity index (χ3n) is 3.58. The highest BCUT2D eigenvalue weighted by Crippen LogP contribution is 2.36. The van der Waals surface area contributed by atoms with Gasteiger partial charge in [-0.15, -0.1) is 0 Å². The van der Waals surface area contributed by atoms with Crippen molar-refractivity contribution >= 4 is 33.4 Å². The summed E-state index contributed by atoms with van der Waals surface area (Å²) in [5.74, 6) is -0.801. The first-order chi connectivity index (χ1) is 12.2. The van der Waals surface area contributed by atoms with Crippen molar-refractivity contribution in [2.75, 3.05) is 11.9 Å². The Labute approximate surface area is 156 Å². The molecule has 0 atom stereocenters. The average molecular weight is 429 g/mol. The third-order valence-corrected chi connectivity index (χ3v) is 4.27. The lowest BCUT2D eigenvalue weighted by Crippen LogP contribution is -2.28. The molecule has 2 N–H and O–H groups in total. The maximum Gasteiger partial charge on any atom is 0.417 e. The summed E-state index contributed by atoms with van der Waals surface area (Å²) in [6, 6.07) is 10.5. The number of benzene rings is 2. The zero-order valence-electron chi connectivity index (χ0n) is 13.8. The molecule has 0 aromatic heterocycles. The Bertz CT molecular complexity index is 822. The number of hydrogen-bond donors (Lipinski definition) is 2. The van der Waals surface area contributed by atoms with Crippen LogP contribution in [0.5, 0.6) is 0 Å². The molecule has 0 aliphatic heterocycles. The molecule has 0 heterocycles. The average Bonchev–Trinajstić information content (AvgIpc) is 2.56. The van der Waals surface area contributed by atoms with Gasteiger partial charge in [-0.05, 0) is 36.8 Å². The molecule has 2 aromatic carbocycles. The second-order valence-corrected chi connectivity index (χ2v) is 6.42. The van der Waals surface area contributed by atoms with Crippen molar-refractivity contribution in [3.63, 3.8) is 0 Å². The topological polar surface area (TPSA) is 58.2 Å². The minimum atomic E-state index is -4.53. The number of carbonyl (C=O) groups excluding carboxylic acids is 2. The van der Waals surface area contributed by atoms with Crippen molar-refractivity contribution in [2.24, 2.45) is 0 Å². The second kappa shape index (κ2) is 8.35. The molecular weight excluding hydrogens is 413 g/mol. The lowest BCUT2D eigenvalue weighted by Gasteiger charge is -2.12. The van der Waals surface area contributed by atoms with Gasteiger partial charge in [-0.1, -0.05) is 34.1 Å². The summed E-state index contributed by atoms with van der Waals surface area (Å²) < 4.78 is 38.5. The first kappa shape index (κ1) is 20.0. The number of anilines is 1. The van der Waals surface area contributed by atoms with E-state index in [0.717, 1.165) is 11.6 Å². The second-order valence-electron chi connectivity index (χ2n) is 5.56. The number of alkyl halides is 3. The Hall–Kier alpha value is -2.35. The number of halogens is 4. The molecule has 0 unspecified atom stereocenters. The predicted molar refractivity (Wildman–Crippen MR) is 95.9 cm³/mol. The van der Waals surface area contributed by atoms with Crippen LogP contribution in [0.3, 0.4) is 0 Å². The third kappa shape index (κ3) is 5.32. The van der Waals surface area contributed by atoms with E-state index in [9.17, 15) is 22.8 Å². The summed E-state index contributed by atoms with van der Waals surface area (Å²) in [7, 11) is 0. The van der Waals surface area contributed by atoms with Gasteiger partial charge in [0.25, 0.3) is 5.91 Å². The molecule has 138 valence electrons. The van der Waals surface area contributed by atoms with Gasteiger partial charge in [-0.25, -0.2) is 0 Å². The number of hydrogen-bond acceptors (Lipinski definition) is 2. The van der Waals surface area contributed by atoms with Crippen LogP contribution in [0.2, 0.25) is 0 Å². The largest absolute Gasteiger partial charge is 0.417 e. The summed E-state index contributed by atoms with van der Waals surface area (Å²) in [5, 5.41) is 5.01. The van der Waals surface area contributed by atoms with Crippen molar-refractivity contribution in [3.8, 4) is 0 Å². The highest BCUT2D eigenvalue weighted by molar-refractivity contribution is 9.10. The van der Waals surface area contributed by atoms with Crippen LogP contribution < -0.4 is 10.6 Å². The molecule has 26 heavy (non-hydrogen) atoms. The van der Waals surface area contributed by atoms with Gasteiger partial charge >= 0.3 is 6.18 Å². The Balaban J connectivity index is 1.90. The van der Waals surface area contributed by atoms with E-state index < -0.39 is 17.6 Å². The van der Waals surface area contributed by atoms with Gasteiger partial charge in [0.05, 0.1) is 5.56 Å². The Morgan fingerprint density at radius 1 is 1.12 bits per heavy atom. The van der Waals surface area contributed by atoms with E-state index >= 15 is 0 Å². The van der Waals surface area contributed by atoms with Crippen LogP contribution in [0.1, 0.15) is 27.9 Å². The fraction of sp³-hybridized carbons (Fsp3) is 0.222. The minimum Gasteiger partial charge on any atom is -0.352 e. The fourth-order valence-electron chi connectivity index (χ4n) is 2.26. The molecule has 0 aliphatic rings. The molecule has 2 rings (SSSR count). The lowest BCUT2D eigenvalue weighted by atomic mass is 10.1. The first-order valence-corrected chi connectivity index (χ1v) is 8.48. The summed E-state index contributed by atoms with van der Waals surface area (Å²) in [4.78, 5) is 23.9. The number of carbonyl (C=O) groups is 2. The number of amides is 2. The summed E-state index contributed by atoms with van der Waals surface area (Å²) >= 11 is 2.84. The predicted octanol–water partition coefficient (Wildman–Crippen LogP) is 4.53. The van der Waals surface area contributed by atoms with Crippen LogP contribution in [0.4, 0.5) is 18.9 Å². The quantitative estimate of drug-likeness (QED) is 0.734. The molecule has 0 bridgehead atoms. The van der Waals surface area contributed by atoms with Crippen LogP contribution in [0, 0.1) is 6.92 Å². The molecule has 2 aromatic rings. The van der Waals surface area contributed by atoms with Gasteiger partial charge in [0.1, 0.15) is 0 Å². The Morgan fingerprint density at radius 2 is 1.81 bits per heavy atom. The zero-order chi connectivity index (χ0) is 19.3. The SMILES string of the molecule is Cc1ccccc1C(=O)NCCC(=O)Nc1ccc(Br)c(C(F)(F)F)c1. The van der Waals surface area contributed by atoms with Crippen molar-refractivity contribution < 1.29 is 22.8 Å². The van der Waals surface area contributed by atoms with E-state index in [4.69, 9.17) is 0 Å². The number of rotatable bonds is 5. The maximum atomic E-state index is 12.9. The minimum absolute atomic E-state index is 0.0377. The number of aryl methyl sites for hydroxylation is 1. The maximum absolute atomic E-state index is 12.9. The summed E-state index contributed by atoms with van der Waals surface area (Å²) in [6.07, 6.45) is -4.59. The smallest absolute Gasteiger partial charge is 0.352 e. The molecule has 8 heteroatoms. The summed E-state index contributed by atoms with van der Waals surface area (Å²) in [5.41, 5.74) is 0.485. The molecule has 0 saturated heterocycles. The van der Waals surface area contributed by atoms with Gasteiger partial charge in [0, 0.05) is 28.7 Å². The standard InChI is InChI=1S/C18H16BrF3N2O2/c1-11-4-2-3-5-13(11)17(26)23-9-8-16(25)24-12-6-7-15(19)14(10-12)18(20,21)22/h2-7,10H,8-9H2,1H3,(H,23,26)(H,24,25). The van der Waals surface area contributed by atoms with Crippen molar-refractivity contribution in [3.05, 3.63) is 63.6 Å². The first-order valence-electron chi connectivity index (χ1n) is 7.69. The van der Waals surface area contributed by atoms with E-state index in [0.29, 0.717) is 5.56 Å². The highest BCUT2D eigenvalue weighted by atomic mass is 79.9. The fourth-order valence-corrected chi connectivity index (χ4v) is 2.73. The van der Waals surface area contributed by atoms with Gasteiger partial charge < -0.3 is 10.6 Å². The van der Waals surface area contributed by atoms with Crippen molar-refractivity contribution in [1.29, 1.82) is 0 Å². The zero-order valence-corrected chi connectivity index (χ0v) is 15.4. The van der Waals surface area contributed by atoms with E-state index in [-0.39, 0.29) is 29.0 Å². The lowest BCUT2D eigenvalue weighted by molar-refractivity contribution is -0.138. The van der Waals surface area contributed by atoms with Gasteiger partial charge in [0.2, 0.25) is 5.91 Å². The monoisotopic (exact) mass is 428 g/mol. The van der Waals surface area contributed by atoms with E-state index in [1.165, 1.54) is 12.1 Å². The van der Waals surface area contributed by atoms with Gasteiger partial charge in [-0.3, -0.25) is 9.59 Å². The van der Waals surface area contributed by atoms with Crippen molar-refractivity contribution in [2.45, 2.75) is 19.5 Å². The highest BCUT2D eigenvalue weighted by Gasteiger charge is 2.33. The summed E-state index contributed by atoms with van der Waals surface area (Å²) in [6.45, 7) is 1.87. The number of nitrogens with one attached hydrogen (secondary N) is 2. The molecule has 0 aliphatic carbocycles. The van der Waals surface area contributed by atoms with E-state index in [1.807, 2.05) is 6.07 Å². The van der Waals surface area contributed by atoms with Crippen LogP contribution >= 0.6 is 15.9 Å². The Kier molecular flexibility index (Phi) is 6.42. The van der Waals surface area contributed by atoms with Crippen LogP contribution in [0.25, 0.3) is 0 Å². The van der Waals surface area contributed by atoms with Crippen molar-refractivity contribution in [1.82, 2.24) is 5.32 Å². The molecule has 0 spiro atoms. The van der Waals surface area contributed by atoms with Gasteiger partial charge in [-0.2, -0.15) is 13.2 Å². The molecule has 0 saturated carbocycles. The Morgan fingerprint density at radius 3 is 2.46 bits per heavy atom. The van der Waals surface area contributed by atoms with Crippen LogP contribution in [-0.2, 0) is 11.0 Å². The molecule has 0 radical (unpaired) electrons. The molecule has 4 nitrogen and oxygen atoms in total. The normalized spacial score (nSPS) is 11.1. The van der Waals surface area contributed by atoms with Crippen LogP contribution in [-0.4, -0.2) is 18.4 Å². The van der Waals surface area contributed by atoms with Gasteiger partial charge in [0.15, 0.2) is 0 Å². The van der Waals surface area contributed by atoms with E-state index in [1.54, 1.807) is 25.1 Å². The molecule has 2 amide bonds. The van der Waals surface area contributed by atoms with E-state index in [2.05, 4.69) is 26.6 Å². The van der Waals surface area contributed by atoms with Crippen LogP contribution in [0.15, 0.2) is 46.9 Å². The molecule has 0 fully saturated rings. The molecular formula is C18H16BrF3N2O2.